The maximum atomic E-state index is 12.2. The fourth-order valence-electron chi connectivity index (χ4n) is 2.87. The average Bonchev–Trinajstić information content (AvgIpc) is 2.49. The van der Waals surface area contributed by atoms with Crippen LogP contribution < -0.4 is 4.74 Å². The quantitative estimate of drug-likeness (QED) is 0.906. The van der Waals surface area contributed by atoms with Gasteiger partial charge in [-0.15, -0.1) is 0 Å². The van der Waals surface area contributed by atoms with E-state index in [0.29, 0.717) is 13.0 Å². The summed E-state index contributed by atoms with van der Waals surface area (Å²) in [5, 5.41) is 9.35. The summed E-state index contributed by atoms with van der Waals surface area (Å²) in [5.74, 6) is 0.921. The Labute approximate surface area is 126 Å². The number of aliphatic hydroxyl groups is 1. The van der Waals surface area contributed by atoms with Crippen LogP contribution in [0.15, 0.2) is 18.2 Å². The number of amides is 1. The highest BCUT2D eigenvalue weighted by atomic mass is 16.5. The van der Waals surface area contributed by atoms with Crippen molar-refractivity contribution in [3.8, 4) is 5.75 Å². The van der Waals surface area contributed by atoms with Crippen LogP contribution in [-0.4, -0.2) is 41.7 Å². The molecular formula is C17H25NO3. The van der Waals surface area contributed by atoms with Crippen LogP contribution in [-0.2, 0) is 4.79 Å². The van der Waals surface area contributed by atoms with Gasteiger partial charge in [0.15, 0.2) is 0 Å². The van der Waals surface area contributed by atoms with E-state index in [0.717, 1.165) is 37.1 Å². The highest BCUT2D eigenvalue weighted by Crippen LogP contribution is 2.20. The van der Waals surface area contributed by atoms with Gasteiger partial charge in [0.2, 0.25) is 5.91 Å². The van der Waals surface area contributed by atoms with Gasteiger partial charge in [-0.1, -0.05) is 17.7 Å². The molecule has 0 bridgehead atoms. The third-order valence-electron chi connectivity index (χ3n) is 4.06. The molecular weight excluding hydrogens is 266 g/mol. The van der Waals surface area contributed by atoms with Gasteiger partial charge in [0.1, 0.15) is 5.75 Å². The molecule has 1 N–H and O–H groups in total. The molecule has 4 nitrogen and oxygen atoms in total. The topological polar surface area (TPSA) is 49.8 Å². The van der Waals surface area contributed by atoms with Crippen LogP contribution in [0.4, 0.5) is 0 Å². The van der Waals surface area contributed by atoms with Crippen molar-refractivity contribution in [3.05, 3.63) is 29.3 Å². The Morgan fingerprint density at radius 2 is 2.19 bits per heavy atom. The number of carbonyl (C=O) groups is 1. The van der Waals surface area contributed by atoms with E-state index in [-0.39, 0.29) is 18.6 Å². The minimum absolute atomic E-state index is 0.00707. The lowest BCUT2D eigenvalue weighted by molar-refractivity contribution is -0.136. The van der Waals surface area contributed by atoms with Crippen LogP contribution >= 0.6 is 0 Å². The Morgan fingerprint density at radius 3 is 2.90 bits per heavy atom. The predicted octanol–water partition coefficient (Wildman–Crippen LogP) is 2.45. The zero-order valence-corrected chi connectivity index (χ0v) is 13.0. The molecule has 1 heterocycles. The molecule has 116 valence electrons. The number of aryl methyl sites for hydroxylation is 2. The summed E-state index contributed by atoms with van der Waals surface area (Å²) in [5.41, 5.74) is 2.30. The summed E-state index contributed by atoms with van der Waals surface area (Å²) in [6.45, 7) is 5.26. The van der Waals surface area contributed by atoms with Crippen molar-refractivity contribution >= 4 is 5.91 Å². The predicted molar refractivity (Wildman–Crippen MR) is 82.5 cm³/mol. The van der Waals surface area contributed by atoms with Crippen LogP contribution in [0, 0.1) is 13.8 Å². The summed E-state index contributed by atoms with van der Waals surface area (Å²) < 4.78 is 5.71. The summed E-state index contributed by atoms with van der Waals surface area (Å²) in [7, 11) is 0. The van der Waals surface area contributed by atoms with Crippen molar-refractivity contribution in [3.63, 3.8) is 0 Å². The SMILES string of the molecule is Cc1ccc(OCCC(=O)N2CCCCC2CO)c(C)c1. The Balaban J connectivity index is 1.83. The van der Waals surface area contributed by atoms with Crippen LogP contribution in [0.25, 0.3) is 0 Å². The van der Waals surface area contributed by atoms with Gasteiger partial charge < -0.3 is 14.7 Å². The Morgan fingerprint density at radius 1 is 1.38 bits per heavy atom. The monoisotopic (exact) mass is 291 g/mol. The van der Waals surface area contributed by atoms with Gasteiger partial charge in [0.25, 0.3) is 0 Å². The van der Waals surface area contributed by atoms with E-state index >= 15 is 0 Å². The lowest BCUT2D eigenvalue weighted by atomic mass is 10.0. The number of ether oxygens (including phenoxy) is 1. The molecule has 0 spiro atoms. The number of likely N-dealkylation sites (tertiary alicyclic amines) is 1. The van der Waals surface area contributed by atoms with E-state index in [1.54, 1.807) is 0 Å². The first kappa shape index (κ1) is 15.8. The van der Waals surface area contributed by atoms with Crippen molar-refractivity contribution < 1.29 is 14.6 Å². The van der Waals surface area contributed by atoms with E-state index in [1.807, 2.05) is 30.9 Å². The fraction of sp³-hybridized carbons (Fsp3) is 0.588. The molecule has 1 atom stereocenters. The number of rotatable bonds is 5. The minimum Gasteiger partial charge on any atom is -0.493 e. The number of hydrogen-bond acceptors (Lipinski definition) is 3. The summed E-state index contributed by atoms with van der Waals surface area (Å²) in [6, 6.07) is 6.03. The first-order valence-corrected chi connectivity index (χ1v) is 7.72. The second-order valence-corrected chi connectivity index (χ2v) is 5.79. The number of benzene rings is 1. The molecule has 21 heavy (non-hydrogen) atoms. The molecule has 1 unspecified atom stereocenters. The third kappa shape index (κ3) is 4.21. The van der Waals surface area contributed by atoms with Crippen LogP contribution in [0.3, 0.4) is 0 Å². The van der Waals surface area contributed by atoms with Gasteiger partial charge in [-0.2, -0.15) is 0 Å². The zero-order chi connectivity index (χ0) is 15.2. The third-order valence-corrected chi connectivity index (χ3v) is 4.06. The molecule has 2 rings (SSSR count). The second-order valence-electron chi connectivity index (χ2n) is 5.79. The number of piperidine rings is 1. The summed E-state index contributed by atoms with van der Waals surface area (Å²) in [4.78, 5) is 14.0. The normalized spacial score (nSPS) is 18.6. The molecule has 1 fully saturated rings. The molecule has 0 aliphatic carbocycles. The molecule has 1 saturated heterocycles. The van der Waals surface area contributed by atoms with E-state index in [1.165, 1.54) is 5.56 Å². The summed E-state index contributed by atoms with van der Waals surface area (Å²) >= 11 is 0. The maximum Gasteiger partial charge on any atom is 0.226 e. The Kier molecular flexibility index (Phi) is 5.62. The van der Waals surface area contributed by atoms with Gasteiger partial charge in [0.05, 0.1) is 25.7 Å². The lowest BCUT2D eigenvalue weighted by Gasteiger charge is -2.34. The van der Waals surface area contributed by atoms with Crippen LogP contribution in [0.2, 0.25) is 0 Å². The Bertz CT molecular complexity index is 487. The van der Waals surface area contributed by atoms with Gasteiger partial charge in [0, 0.05) is 6.54 Å². The number of hydrogen-bond donors (Lipinski definition) is 1. The van der Waals surface area contributed by atoms with Crippen molar-refractivity contribution in [1.82, 2.24) is 4.90 Å². The van der Waals surface area contributed by atoms with Crippen LogP contribution in [0.5, 0.6) is 5.75 Å². The standard InChI is InChI=1S/C17H25NO3/c1-13-6-7-16(14(2)11-13)21-10-8-17(20)18-9-4-3-5-15(18)12-19/h6-7,11,15,19H,3-5,8-10,12H2,1-2H3. The molecule has 0 saturated carbocycles. The number of aliphatic hydroxyl groups excluding tert-OH is 1. The number of nitrogens with zero attached hydrogens (tertiary/aromatic N) is 1. The van der Waals surface area contributed by atoms with Gasteiger partial charge >= 0.3 is 0 Å². The molecule has 1 amide bonds. The van der Waals surface area contributed by atoms with E-state index in [2.05, 4.69) is 6.07 Å². The maximum absolute atomic E-state index is 12.2. The van der Waals surface area contributed by atoms with Gasteiger partial charge in [-0.3, -0.25) is 4.79 Å². The van der Waals surface area contributed by atoms with Crippen LogP contribution in [0.1, 0.15) is 36.8 Å². The van der Waals surface area contributed by atoms with E-state index < -0.39 is 0 Å². The largest absolute Gasteiger partial charge is 0.493 e. The highest BCUT2D eigenvalue weighted by molar-refractivity contribution is 5.76. The molecule has 1 aromatic carbocycles. The van der Waals surface area contributed by atoms with Crippen molar-refractivity contribution in [2.75, 3.05) is 19.8 Å². The zero-order valence-electron chi connectivity index (χ0n) is 13.0. The first-order chi connectivity index (χ1) is 10.1. The molecule has 4 heteroatoms. The first-order valence-electron chi connectivity index (χ1n) is 7.72. The minimum atomic E-state index is -0.00707. The van der Waals surface area contributed by atoms with E-state index in [4.69, 9.17) is 4.74 Å². The Hall–Kier alpha value is -1.55. The average molecular weight is 291 g/mol. The van der Waals surface area contributed by atoms with Crippen molar-refractivity contribution in [1.29, 1.82) is 0 Å². The van der Waals surface area contributed by atoms with E-state index in [9.17, 15) is 9.90 Å². The highest BCUT2D eigenvalue weighted by Gasteiger charge is 2.25. The lowest BCUT2D eigenvalue weighted by Crippen LogP contribution is -2.46. The molecule has 1 aromatic rings. The second kappa shape index (κ2) is 7.46. The summed E-state index contributed by atoms with van der Waals surface area (Å²) in [6.07, 6.45) is 3.39. The van der Waals surface area contributed by atoms with Crippen molar-refractivity contribution in [2.24, 2.45) is 0 Å². The number of carbonyl (C=O) groups excluding carboxylic acids is 1. The smallest absolute Gasteiger partial charge is 0.226 e. The molecule has 0 aromatic heterocycles. The molecule has 0 radical (unpaired) electrons. The van der Waals surface area contributed by atoms with Crippen molar-refractivity contribution in [2.45, 2.75) is 45.6 Å². The van der Waals surface area contributed by atoms with Gasteiger partial charge in [-0.25, -0.2) is 0 Å². The fourth-order valence-corrected chi connectivity index (χ4v) is 2.87. The molecule has 1 aliphatic rings. The molecule has 1 aliphatic heterocycles. The van der Waals surface area contributed by atoms with Gasteiger partial charge in [-0.05, 0) is 44.7 Å².